The number of piperidine rings is 1. The molecule has 2 aliphatic rings. The highest BCUT2D eigenvalue weighted by Gasteiger charge is 2.27. The van der Waals surface area contributed by atoms with E-state index in [9.17, 15) is 4.79 Å². The van der Waals surface area contributed by atoms with E-state index in [2.05, 4.69) is 41.4 Å². The molecule has 3 rings (SSSR count). The molecular weight excluding hydrogens is 272 g/mol. The predicted octanol–water partition coefficient (Wildman–Crippen LogP) is 3.27. The van der Waals surface area contributed by atoms with Gasteiger partial charge in [0.1, 0.15) is 0 Å². The number of benzene rings is 1. The average molecular weight is 300 g/mol. The van der Waals surface area contributed by atoms with E-state index < -0.39 is 0 Å². The van der Waals surface area contributed by atoms with Gasteiger partial charge in [0.05, 0.1) is 0 Å². The highest BCUT2D eigenvalue weighted by molar-refractivity contribution is 5.79. The first kappa shape index (κ1) is 15.5. The van der Waals surface area contributed by atoms with Gasteiger partial charge in [-0.3, -0.25) is 9.69 Å². The van der Waals surface area contributed by atoms with E-state index in [1.807, 2.05) is 0 Å². The Morgan fingerprint density at radius 1 is 1.09 bits per heavy atom. The molecule has 1 amide bonds. The minimum atomic E-state index is 0.231. The zero-order chi connectivity index (χ0) is 15.4. The molecule has 120 valence electrons. The van der Waals surface area contributed by atoms with Gasteiger partial charge in [-0.25, -0.2) is 0 Å². The lowest BCUT2D eigenvalue weighted by Crippen LogP contribution is -2.42. The molecule has 1 heterocycles. The van der Waals surface area contributed by atoms with Gasteiger partial charge >= 0.3 is 0 Å². The Labute approximate surface area is 134 Å². The van der Waals surface area contributed by atoms with Crippen molar-refractivity contribution in [3.8, 4) is 0 Å². The van der Waals surface area contributed by atoms with E-state index in [-0.39, 0.29) is 5.92 Å². The molecular formula is C19H28N2O. The molecule has 1 aromatic carbocycles. The highest BCUT2D eigenvalue weighted by Crippen LogP contribution is 2.22. The number of likely N-dealkylation sites (tertiary alicyclic amines) is 1. The lowest BCUT2D eigenvalue weighted by Gasteiger charge is -2.31. The summed E-state index contributed by atoms with van der Waals surface area (Å²) < 4.78 is 0. The van der Waals surface area contributed by atoms with E-state index in [1.54, 1.807) is 0 Å². The Bertz CT molecular complexity index is 483. The molecule has 1 N–H and O–H groups in total. The Balaban J connectivity index is 1.43. The Morgan fingerprint density at radius 2 is 1.73 bits per heavy atom. The monoisotopic (exact) mass is 300 g/mol. The maximum absolute atomic E-state index is 12.3. The summed E-state index contributed by atoms with van der Waals surface area (Å²) >= 11 is 0. The summed E-state index contributed by atoms with van der Waals surface area (Å²) in [6.45, 7) is 5.21. The van der Waals surface area contributed by atoms with Crippen molar-refractivity contribution in [3.05, 3.63) is 35.4 Å². The molecule has 1 aliphatic heterocycles. The largest absolute Gasteiger partial charge is 0.353 e. The van der Waals surface area contributed by atoms with Crippen LogP contribution < -0.4 is 5.32 Å². The van der Waals surface area contributed by atoms with Gasteiger partial charge in [0, 0.05) is 18.5 Å². The Hall–Kier alpha value is -1.35. The van der Waals surface area contributed by atoms with Crippen molar-refractivity contribution in [1.82, 2.24) is 10.2 Å². The lowest BCUT2D eigenvalue weighted by molar-refractivity contribution is -0.127. The first-order valence-corrected chi connectivity index (χ1v) is 8.79. The fraction of sp³-hybridized carbons (Fsp3) is 0.632. The number of aryl methyl sites for hydroxylation is 1. The molecule has 0 spiro atoms. The molecule has 3 nitrogen and oxygen atoms in total. The van der Waals surface area contributed by atoms with Crippen LogP contribution in [0.15, 0.2) is 24.3 Å². The Morgan fingerprint density at radius 3 is 2.36 bits per heavy atom. The average Bonchev–Trinajstić information content (AvgIpc) is 3.03. The van der Waals surface area contributed by atoms with Crippen molar-refractivity contribution in [1.29, 1.82) is 0 Å². The summed E-state index contributed by atoms with van der Waals surface area (Å²) in [5.74, 6) is 0.539. The summed E-state index contributed by atoms with van der Waals surface area (Å²) in [6.07, 6.45) is 6.92. The van der Waals surface area contributed by atoms with Crippen molar-refractivity contribution in [2.24, 2.45) is 5.92 Å². The fourth-order valence-electron chi connectivity index (χ4n) is 3.69. The molecule has 0 unspecified atom stereocenters. The SMILES string of the molecule is Cc1ccc(CN2CCC(C(=O)NC3CCCC3)CC2)cc1. The molecule has 2 fully saturated rings. The van der Waals surface area contributed by atoms with Crippen molar-refractivity contribution in [2.75, 3.05) is 13.1 Å². The molecule has 1 saturated heterocycles. The highest BCUT2D eigenvalue weighted by atomic mass is 16.1. The second-order valence-corrected chi connectivity index (χ2v) is 7.03. The molecule has 0 bridgehead atoms. The van der Waals surface area contributed by atoms with Crippen LogP contribution in [0, 0.1) is 12.8 Å². The maximum atomic E-state index is 12.3. The van der Waals surface area contributed by atoms with Gasteiger partial charge in [0.15, 0.2) is 0 Å². The van der Waals surface area contributed by atoms with Gasteiger partial charge in [0.2, 0.25) is 5.91 Å². The third-order valence-corrected chi connectivity index (χ3v) is 5.19. The second-order valence-electron chi connectivity index (χ2n) is 7.03. The van der Waals surface area contributed by atoms with Gasteiger partial charge in [-0.05, 0) is 51.3 Å². The van der Waals surface area contributed by atoms with Crippen LogP contribution in [0.5, 0.6) is 0 Å². The normalized spacial score (nSPS) is 21.1. The zero-order valence-corrected chi connectivity index (χ0v) is 13.7. The van der Waals surface area contributed by atoms with E-state index in [1.165, 1.54) is 36.8 Å². The molecule has 1 aliphatic carbocycles. The lowest BCUT2D eigenvalue weighted by atomic mass is 9.95. The fourth-order valence-corrected chi connectivity index (χ4v) is 3.69. The van der Waals surface area contributed by atoms with Crippen LogP contribution >= 0.6 is 0 Å². The number of carbonyl (C=O) groups excluding carboxylic acids is 1. The van der Waals surface area contributed by atoms with Gasteiger partial charge in [-0.1, -0.05) is 42.7 Å². The zero-order valence-electron chi connectivity index (χ0n) is 13.7. The van der Waals surface area contributed by atoms with Crippen LogP contribution in [-0.4, -0.2) is 29.9 Å². The van der Waals surface area contributed by atoms with Crippen LogP contribution in [0.4, 0.5) is 0 Å². The summed E-state index contributed by atoms with van der Waals surface area (Å²) in [5, 5.41) is 3.26. The number of nitrogens with zero attached hydrogens (tertiary/aromatic N) is 1. The van der Waals surface area contributed by atoms with Gasteiger partial charge in [0.25, 0.3) is 0 Å². The first-order chi connectivity index (χ1) is 10.7. The number of nitrogens with one attached hydrogen (secondary N) is 1. The minimum Gasteiger partial charge on any atom is -0.353 e. The molecule has 22 heavy (non-hydrogen) atoms. The third kappa shape index (κ3) is 4.10. The van der Waals surface area contributed by atoms with Crippen LogP contribution in [0.1, 0.15) is 49.7 Å². The summed E-state index contributed by atoms with van der Waals surface area (Å²) in [4.78, 5) is 14.8. The quantitative estimate of drug-likeness (QED) is 0.925. The van der Waals surface area contributed by atoms with Crippen molar-refractivity contribution >= 4 is 5.91 Å². The van der Waals surface area contributed by atoms with Crippen molar-refractivity contribution in [2.45, 2.75) is 58.0 Å². The molecule has 0 radical (unpaired) electrons. The van der Waals surface area contributed by atoms with Crippen LogP contribution in [-0.2, 0) is 11.3 Å². The van der Waals surface area contributed by atoms with Crippen molar-refractivity contribution in [3.63, 3.8) is 0 Å². The smallest absolute Gasteiger partial charge is 0.223 e. The summed E-state index contributed by atoms with van der Waals surface area (Å²) in [7, 11) is 0. The van der Waals surface area contributed by atoms with Gasteiger partial charge in [-0.2, -0.15) is 0 Å². The van der Waals surface area contributed by atoms with Crippen LogP contribution in [0.2, 0.25) is 0 Å². The van der Waals surface area contributed by atoms with Gasteiger partial charge in [-0.15, -0.1) is 0 Å². The third-order valence-electron chi connectivity index (χ3n) is 5.19. The minimum absolute atomic E-state index is 0.231. The van der Waals surface area contributed by atoms with Gasteiger partial charge < -0.3 is 5.32 Å². The molecule has 1 aromatic rings. The number of amides is 1. The van der Waals surface area contributed by atoms with E-state index in [0.29, 0.717) is 11.9 Å². The summed E-state index contributed by atoms with van der Waals surface area (Å²) in [5.41, 5.74) is 2.69. The van der Waals surface area contributed by atoms with E-state index >= 15 is 0 Å². The predicted molar refractivity (Wildman–Crippen MR) is 89.6 cm³/mol. The molecule has 0 aromatic heterocycles. The second kappa shape index (κ2) is 7.28. The van der Waals surface area contributed by atoms with E-state index in [4.69, 9.17) is 0 Å². The topological polar surface area (TPSA) is 32.3 Å². The summed E-state index contributed by atoms with van der Waals surface area (Å²) in [6, 6.07) is 9.24. The Kier molecular flexibility index (Phi) is 5.14. The number of hydrogen-bond acceptors (Lipinski definition) is 2. The molecule has 0 atom stereocenters. The van der Waals surface area contributed by atoms with Crippen molar-refractivity contribution < 1.29 is 4.79 Å². The molecule has 3 heteroatoms. The molecule has 1 saturated carbocycles. The first-order valence-electron chi connectivity index (χ1n) is 8.79. The van der Waals surface area contributed by atoms with Crippen LogP contribution in [0.3, 0.4) is 0 Å². The number of carbonyl (C=O) groups is 1. The number of rotatable bonds is 4. The standard InChI is InChI=1S/C19H28N2O/c1-15-6-8-16(9-7-15)14-21-12-10-17(11-13-21)19(22)20-18-4-2-3-5-18/h6-9,17-18H,2-5,10-14H2,1H3,(H,20,22). The number of hydrogen-bond donors (Lipinski definition) is 1. The van der Waals surface area contributed by atoms with E-state index in [0.717, 1.165) is 32.5 Å². The van der Waals surface area contributed by atoms with Crippen LogP contribution in [0.25, 0.3) is 0 Å². The maximum Gasteiger partial charge on any atom is 0.223 e.